The van der Waals surface area contributed by atoms with Crippen LogP contribution >= 0.6 is 0 Å². The maximum absolute atomic E-state index is 9.28. The molecule has 0 radical (unpaired) electrons. The molecule has 0 aliphatic rings. The molecule has 0 aliphatic carbocycles. The second kappa shape index (κ2) is 4.82. The number of aromatic hydroxyl groups is 1. The van der Waals surface area contributed by atoms with Crippen molar-refractivity contribution in [3.8, 4) is 5.75 Å². The van der Waals surface area contributed by atoms with E-state index in [4.69, 9.17) is 5.73 Å². The lowest BCUT2D eigenvalue weighted by Gasteiger charge is -2.08. The van der Waals surface area contributed by atoms with Crippen molar-refractivity contribution < 1.29 is 5.11 Å². The molecule has 2 nitrogen and oxygen atoms in total. The Labute approximate surface area is 85.1 Å². The summed E-state index contributed by atoms with van der Waals surface area (Å²) in [5, 5.41) is 9.28. The van der Waals surface area contributed by atoms with Crippen molar-refractivity contribution >= 4 is 6.08 Å². The molecule has 0 atom stereocenters. The number of hydrogen-bond acceptors (Lipinski definition) is 2. The van der Waals surface area contributed by atoms with Crippen LogP contribution in [0, 0.1) is 5.92 Å². The number of benzene rings is 1. The molecule has 2 heteroatoms. The lowest BCUT2D eigenvalue weighted by molar-refractivity contribution is 0.475. The minimum Gasteiger partial charge on any atom is -0.508 e. The average Bonchev–Trinajstić information content (AvgIpc) is 2.14. The first kappa shape index (κ1) is 10.8. The van der Waals surface area contributed by atoms with Crippen molar-refractivity contribution in [2.75, 3.05) is 6.54 Å². The second-order valence-electron chi connectivity index (χ2n) is 3.67. The number of rotatable bonds is 3. The predicted molar refractivity (Wildman–Crippen MR) is 60.0 cm³/mol. The van der Waals surface area contributed by atoms with Gasteiger partial charge in [0.1, 0.15) is 5.75 Å². The van der Waals surface area contributed by atoms with Crippen LogP contribution in [0.3, 0.4) is 0 Å². The summed E-state index contributed by atoms with van der Waals surface area (Å²) < 4.78 is 0. The lowest BCUT2D eigenvalue weighted by atomic mass is 10.0. The number of nitrogens with two attached hydrogens (primary N) is 1. The van der Waals surface area contributed by atoms with E-state index in [-0.39, 0.29) is 0 Å². The van der Waals surface area contributed by atoms with Crippen molar-refractivity contribution in [3.05, 3.63) is 35.4 Å². The molecule has 1 rings (SSSR count). The van der Waals surface area contributed by atoms with Crippen molar-refractivity contribution in [1.29, 1.82) is 0 Å². The first-order valence-electron chi connectivity index (χ1n) is 4.83. The van der Waals surface area contributed by atoms with E-state index in [0.717, 1.165) is 5.56 Å². The summed E-state index contributed by atoms with van der Waals surface area (Å²) in [6, 6.07) is 7.18. The molecule has 0 aliphatic heterocycles. The minimum absolute atomic E-state index is 0.291. The zero-order chi connectivity index (χ0) is 10.6. The Hall–Kier alpha value is -1.28. The Bertz CT molecular complexity index is 329. The fourth-order valence-electron chi connectivity index (χ4n) is 1.29. The highest BCUT2D eigenvalue weighted by Gasteiger charge is 2.00. The molecule has 76 valence electrons. The molecule has 0 aromatic heterocycles. The normalized spacial score (nSPS) is 12.1. The van der Waals surface area contributed by atoms with Gasteiger partial charge in [-0.3, -0.25) is 0 Å². The van der Waals surface area contributed by atoms with Gasteiger partial charge in [-0.25, -0.2) is 0 Å². The minimum atomic E-state index is 0.291. The van der Waals surface area contributed by atoms with Gasteiger partial charge in [-0.05, 0) is 23.6 Å². The van der Waals surface area contributed by atoms with E-state index < -0.39 is 0 Å². The van der Waals surface area contributed by atoms with Crippen LogP contribution in [0.15, 0.2) is 29.8 Å². The van der Waals surface area contributed by atoms with Gasteiger partial charge in [-0.1, -0.05) is 37.6 Å². The van der Waals surface area contributed by atoms with Gasteiger partial charge in [-0.15, -0.1) is 0 Å². The van der Waals surface area contributed by atoms with Gasteiger partial charge < -0.3 is 10.8 Å². The Morgan fingerprint density at radius 3 is 2.71 bits per heavy atom. The quantitative estimate of drug-likeness (QED) is 0.770. The van der Waals surface area contributed by atoms with Crippen molar-refractivity contribution in [2.45, 2.75) is 13.8 Å². The van der Waals surface area contributed by atoms with E-state index >= 15 is 0 Å². The van der Waals surface area contributed by atoms with Crippen LogP contribution in [0.4, 0.5) is 0 Å². The molecule has 0 spiro atoms. The summed E-state index contributed by atoms with van der Waals surface area (Å²) >= 11 is 0. The highest BCUT2D eigenvalue weighted by atomic mass is 16.3. The summed E-state index contributed by atoms with van der Waals surface area (Å²) in [5.41, 5.74) is 7.82. The van der Waals surface area contributed by atoms with Gasteiger partial charge in [-0.2, -0.15) is 0 Å². The number of phenols is 1. The van der Waals surface area contributed by atoms with Gasteiger partial charge in [0.2, 0.25) is 0 Å². The average molecular weight is 191 g/mol. The summed E-state index contributed by atoms with van der Waals surface area (Å²) in [7, 11) is 0. The third-order valence-corrected chi connectivity index (χ3v) is 2.20. The fourth-order valence-corrected chi connectivity index (χ4v) is 1.29. The third-order valence-electron chi connectivity index (χ3n) is 2.20. The van der Waals surface area contributed by atoms with E-state index in [1.165, 1.54) is 5.57 Å². The summed E-state index contributed by atoms with van der Waals surface area (Å²) in [6.07, 6.45) is 2.03. The molecule has 0 bridgehead atoms. The van der Waals surface area contributed by atoms with Crippen LogP contribution < -0.4 is 5.73 Å². The SMILES string of the molecule is CC(C)/C(=C/c1cccc(O)c1)CN. The van der Waals surface area contributed by atoms with E-state index in [0.29, 0.717) is 18.2 Å². The molecule has 0 saturated carbocycles. The molecular weight excluding hydrogens is 174 g/mol. The second-order valence-corrected chi connectivity index (χ2v) is 3.67. The first-order valence-corrected chi connectivity index (χ1v) is 4.83. The van der Waals surface area contributed by atoms with E-state index in [2.05, 4.69) is 13.8 Å². The van der Waals surface area contributed by atoms with Gasteiger partial charge >= 0.3 is 0 Å². The molecular formula is C12H17NO. The molecule has 0 heterocycles. The van der Waals surface area contributed by atoms with Crippen LogP contribution in [0.25, 0.3) is 6.08 Å². The van der Waals surface area contributed by atoms with Crippen LogP contribution in [-0.4, -0.2) is 11.7 Å². The van der Waals surface area contributed by atoms with E-state index in [1.807, 2.05) is 18.2 Å². The highest BCUT2D eigenvalue weighted by Crippen LogP contribution is 2.17. The number of phenolic OH excluding ortho intramolecular Hbond substituents is 1. The van der Waals surface area contributed by atoms with Crippen molar-refractivity contribution in [2.24, 2.45) is 11.7 Å². The van der Waals surface area contributed by atoms with Crippen LogP contribution in [0.2, 0.25) is 0 Å². The van der Waals surface area contributed by atoms with Gasteiger partial charge in [0.05, 0.1) is 0 Å². The molecule has 1 aromatic rings. The smallest absolute Gasteiger partial charge is 0.116 e. The maximum Gasteiger partial charge on any atom is 0.116 e. The van der Waals surface area contributed by atoms with Crippen LogP contribution in [0.1, 0.15) is 19.4 Å². The summed E-state index contributed by atoms with van der Waals surface area (Å²) in [4.78, 5) is 0. The van der Waals surface area contributed by atoms with Gasteiger partial charge in [0.25, 0.3) is 0 Å². The zero-order valence-electron chi connectivity index (χ0n) is 8.70. The Kier molecular flexibility index (Phi) is 3.72. The highest BCUT2D eigenvalue weighted by molar-refractivity contribution is 5.55. The van der Waals surface area contributed by atoms with E-state index in [9.17, 15) is 5.11 Å². The molecule has 0 unspecified atom stereocenters. The van der Waals surface area contributed by atoms with Crippen LogP contribution in [-0.2, 0) is 0 Å². The Morgan fingerprint density at radius 2 is 2.21 bits per heavy atom. The Morgan fingerprint density at radius 1 is 1.50 bits per heavy atom. The third kappa shape index (κ3) is 2.89. The van der Waals surface area contributed by atoms with Crippen molar-refractivity contribution in [1.82, 2.24) is 0 Å². The topological polar surface area (TPSA) is 46.2 Å². The molecule has 1 aromatic carbocycles. The van der Waals surface area contributed by atoms with Gasteiger partial charge in [0.15, 0.2) is 0 Å². The largest absolute Gasteiger partial charge is 0.508 e. The zero-order valence-corrected chi connectivity index (χ0v) is 8.70. The monoisotopic (exact) mass is 191 g/mol. The lowest BCUT2D eigenvalue weighted by Crippen LogP contribution is -2.08. The predicted octanol–water partition coefficient (Wildman–Crippen LogP) is 2.39. The fraction of sp³-hybridized carbons (Fsp3) is 0.333. The van der Waals surface area contributed by atoms with Crippen molar-refractivity contribution in [3.63, 3.8) is 0 Å². The molecule has 0 saturated heterocycles. The van der Waals surface area contributed by atoms with Gasteiger partial charge in [0, 0.05) is 6.54 Å². The Balaban J connectivity index is 2.94. The molecule has 3 N–H and O–H groups in total. The summed E-state index contributed by atoms with van der Waals surface area (Å²) in [6.45, 7) is 4.79. The first-order chi connectivity index (χ1) is 6.63. The standard InChI is InChI=1S/C12H17NO/c1-9(2)11(8-13)6-10-4-3-5-12(14)7-10/h3-7,9,14H,8,13H2,1-2H3/b11-6+. The van der Waals surface area contributed by atoms with E-state index in [1.54, 1.807) is 12.1 Å². The van der Waals surface area contributed by atoms with Crippen LogP contribution in [0.5, 0.6) is 5.75 Å². The number of hydrogen-bond donors (Lipinski definition) is 2. The maximum atomic E-state index is 9.28. The summed E-state index contributed by atoms with van der Waals surface area (Å²) in [5.74, 6) is 0.737. The molecule has 0 amide bonds. The molecule has 0 fully saturated rings. The molecule has 14 heavy (non-hydrogen) atoms.